The third kappa shape index (κ3) is 2.58. The zero-order valence-corrected chi connectivity index (χ0v) is 16.2. The van der Waals surface area contributed by atoms with E-state index in [0.29, 0.717) is 5.56 Å². The Kier molecular flexibility index (Phi) is 3.01. The molecule has 1 heterocycles. The molecule has 0 saturated heterocycles. The highest BCUT2D eigenvalue weighted by molar-refractivity contribution is 5.82. The van der Waals surface area contributed by atoms with E-state index in [1.807, 2.05) is 33.0 Å². The minimum absolute atomic E-state index is 0.405. The van der Waals surface area contributed by atoms with Gasteiger partial charge in [0.2, 0.25) is 5.69 Å². The molecule has 0 amide bonds. The summed E-state index contributed by atoms with van der Waals surface area (Å²) in [6.07, 6.45) is 2.83. The summed E-state index contributed by atoms with van der Waals surface area (Å²) in [6, 6.07) is 12.0. The zero-order valence-electron chi connectivity index (χ0n) is 20.2. The van der Waals surface area contributed by atoms with E-state index in [1.165, 1.54) is 22.3 Å². The van der Waals surface area contributed by atoms with Crippen LogP contribution in [0.3, 0.4) is 0 Å². The van der Waals surface area contributed by atoms with Crippen LogP contribution in [-0.4, -0.2) is 0 Å². The van der Waals surface area contributed by atoms with Crippen molar-refractivity contribution < 1.29 is 10.1 Å². The van der Waals surface area contributed by atoms with Crippen molar-refractivity contribution in [3.8, 4) is 22.4 Å². The maximum atomic E-state index is 8.41. The highest BCUT2D eigenvalue weighted by Gasteiger charge is 2.24. The van der Waals surface area contributed by atoms with Crippen molar-refractivity contribution in [1.29, 1.82) is 0 Å². The first-order valence-electron chi connectivity index (χ1n) is 11.2. The molecule has 1 nitrogen and oxygen atoms in total. The molecule has 1 aromatic heterocycles. The molecule has 1 heteroatoms. The fourth-order valence-electron chi connectivity index (χ4n) is 4.25. The number of nitrogens with zero attached hydrogens (tertiary/aromatic N) is 1. The summed E-state index contributed by atoms with van der Waals surface area (Å²) in [6.45, 7) is 5.98. The van der Waals surface area contributed by atoms with Crippen molar-refractivity contribution in [3.05, 3.63) is 76.0 Å². The Balaban J connectivity index is 1.81. The van der Waals surface area contributed by atoms with Crippen LogP contribution in [0.1, 0.15) is 58.6 Å². The van der Waals surface area contributed by atoms with Crippen molar-refractivity contribution in [2.24, 2.45) is 7.05 Å². The Morgan fingerprint density at radius 1 is 1.04 bits per heavy atom. The molecule has 132 valence electrons. The first-order chi connectivity index (χ1) is 13.9. The average molecular weight is 347 g/mol. The monoisotopic (exact) mass is 346 g/mol. The Morgan fingerprint density at radius 2 is 1.77 bits per heavy atom. The lowest BCUT2D eigenvalue weighted by molar-refractivity contribution is -0.660. The number of rotatable bonds is 2. The number of hydrogen-bond donors (Lipinski definition) is 0. The van der Waals surface area contributed by atoms with E-state index in [0.717, 1.165) is 34.4 Å². The van der Waals surface area contributed by atoms with Gasteiger partial charge in [0.25, 0.3) is 0 Å². The maximum Gasteiger partial charge on any atom is 0.212 e. The van der Waals surface area contributed by atoms with Crippen LogP contribution in [0.5, 0.6) is 0 Å². The van der Waals surface area contributed by atoms with Gasteiger partial charge in [-0.1, -0.05) is 43.7 Å². The van der Waals surface area contributed by atoms with Gasteiger partial charge in [-0.3, -0.25) is 0 Å². The lowest BCUT2D eigenvalue weighted by Crippen LogP contribution is -2.32. The second-order valence-corrected chi connectivity index (χ2v) is 7.68. The van der Waals surface area contributed by atoms with Crippen molar-refractivity contribution in [3.63, 3.8) is 0 Å². The van der Waals surface area contributed by atoms with Gasteiger partial charge >= 0.3 is 0 Å². The first-order valence-corrected chi connectivity index (χ1v) is 9.15. The van der Waals surface area contributed by atoms with Gasteiger partial charge in [-0.2, -0.15) is 0 Å². The van der Waals surface area contributed by atoms with Gasteiger partial charge in [0.05, 0.1) is 0 Å². The van der Waals surface area contributed by atoms with E-state index >= 15 is 0 Å². The zero-order chi connectivity index (χ0) is 22.0. The maximum absolute atomic E-state index is 8.41. The number of pyridine rings is 1. The van der Waals surface area contributed by atoms with E-state index in [4.69, 9.17) is 5.48 Å². The fraction of sp³-hybridized carbons (Fsp3) is 0.320. The third-order valence-corrected chi connectivity index (χ3v) is 5.66. The summed E-state index contributed by atoms with van der Waals surface area (Å²) < 4.78 is 33.6. The summed E-state index contributed by atoms with van der Waals surface area (Å²) in [7, 11) is 2.04. The van der Waals surface area contributed by atoms with Crippen LogP contribution in [-0.2, 0) is 13.5 Å². The number of aryl methyl sites for hydroxylation is 3. The van der Waals surface area contributed by atoms with Crippen molar-refractivity contribution in [1.82, 2.24) is 0 Å². The summed E-state index contributed by atoms with van der Waals surface area (Å²) in [4.78, 5) is 0. The molecule has 0 bridgehead atoms. The summed E-state index contributed by atoms with van der Waals surface area (Å²) in [5.74, 6) is -0.643. The lowest BCUT2D eigenvalue weighted by atomic mass is 9.93. The molecular weight excluding hydrogens is 314 g/mol. The fourth-order valence-corrected chi connectivity index (χ4v) is 4.25. The molecular formula is C25H28N+. The summed E-state index contributed by atoms with van der Waals surface area (Å²) in [5.41, 5.74) is 10.8. The van der Waals surface area contributed by atoms with Gasteiger partial charge in [0, 0.05) is 22.7 Å². The highest BCUT2D eigenvalue weighted by atomic mass is 14.9. The van der Waals surface area contributed by atoms with Crippen molar-refractivity contribution >= 4 is 0 Å². The quantitative estimate of drug-likeness (QED) is 0.404. The van der Waals surface area contributed by atoms with E-state index in [-0.39, 0.29) is 0 Å². The predicted octanol–water partition coefficient (Wildman–Crippen LogP) is 5.80. The minimum Gasteiger partial charge on any atom is -0.201 e. The molecule has 0 N–H and O–H groups in total. The molecule has 26 heavy (non-hydrogen) atoms. The second kappa shape index (κ2) is 6.09. The number of benzene rings is 2. The lowest BCUT2D eigenvalue weighted by Gasteiger charge is -2.13. The Bertz CT molecular complexity index is 1170. The van der Waals surface area contributed by atoms with Crippen LogP contribution in [0.25, 0.3) is 22.4 Å². The molecule has 0 unspecified atom stereocenters. The molecule has 0 spiro atoms. The average Bonchev–Trinajstić information content (AvgIpc) is 3.01. The Hall–Kier alpha value is -2.41. The number of hydrogen-bond acceptors (Lipinski definition) is 0. The molecule has 2 aromatic carbocycles. The molecule has 0 fully saturated rings. The van der Waals surface area contributed by atoms with Crippen LogP contribution in [0.15, 0.2) is 42.6 Å². The van der Waals surface area contributed by atoms with Gasteiger partial charge in [-0.25, -0.2) is 4.57 Å². The van der Waals surface area contributed by atoms with Gasteiger partial charge in [-0.15, -0.1) is 0 Å². The molecule has 4 rings (SSSR count). The topological polar surface area (TPSA) is 3.88 Å². The van der Waals surface area contributed by atoms with Crippen LogP contribution < -0.4 is 4.57 Å². The van der Waals surface area contributed by atoms with Crippen LogP contribution in [0.2, 0.25) is 0 Å². The van der Waals surface area contributed by atoms with Crippen LogP contribution in [0, 0.1) is 20.7 Å². The Morgan fingerprint density at radius 3 is 2.50 bits per heavy atom. The van der Waals surface area contributed by atoms with Gasteiger partial charge in [-0.05, 0) is 72.5 Å². The van der Waals surface area contributed by atoms with Gasteiger partial charge < -0.3 is 0 Å². The van der Waals surface area contributed by atoms with E-state index in [9.17, 15) is 0 Å². The SMILES string of the molecule is [2H]C([2H])([2H])c1ccc2c(c1)Cc1c-2ccc(-c2cc(C)c(C([2H])(C)C)c[n+]2C)c1C. The van der Waals surface area contributed by atoms with E-state index in [2.05, 4.69) is 42.8 Å². The molecule has 0 aliphatic heterocycles. The minimum atomic E-state index is -2.08. The predicted molar refractivity (Wildman–Crippen MR) is 110 cm³/mol. The third-order valence-electron chi connectivity index (χ3n) is 5.66. The van der Waals surface area contributed by atoms with Gasteiger partial charge in [0.1, 0.15) is 7.05 Å². The van der Waals surface area contributed by atoms with Crippen molar-refractivity contribution in [2.75, 3.05) is 0 Å². The number of fused-ring (bicyclic) bond motifs is 3. The summed E-state index contributed by atoms with van der Waals surface area (Å²) >= 11 is 0. The number of aromatic nitrogens is 1. The smallest absolute Gasteiger partial charge is 0.201 e. The second-order valence-electron chi connectivity index (χ2n) is 7.68. The summed E-state index contributed by atoms with van der Waals surface area (Å²) in [5, 5.41) is 0. The van der Waals surface area contributed by atoms with Crippen LogP contribution >= 0.6 is 0 Å². The molecule has 1 aliphatic rings. The van der Waals surface area contributed by atoms with Crippen LogP contribution in [0.4, 0.5) is 0 Å². The first kappa shape index (κ1) is 12.9. The van der Waals surface area contributed by atoms with Gasteiger partial charge in [0.15, 0.2) is 6.20 Å². The standard InChI is InChI=1S/C25H28N/c1-15(2)24-14-26(6)25(12-17(24)4)20-9-10-22-21-8-7-16(3)11-19(21)13-23(22)18(20)5/h7-12,14-15H,13H2,1-6H3/q+1/i3D3,15D. The molecule has 1 aliphatic carbocycles. The molecule has 0 atom stereocenters. The van der Waals surface area contributed by atoms with E-state index in [1.54, 1.807) is 6.07 Å². The molecule has 3 aromatic rings. The Labute approximate surface area is 163 Å². The normalized spacial score (nSPS) is 15.6. The molecule has 0 radical (unpaired) electrons. The highest BCUT2D eigenvalue weighted by Crippen LogP contribution is 2.41. The molecule has 0 saturated carbocycles. The largest absolute Gasteiger partial charge is 0.212 e. The van der Waals surface area contributed by atoms with Crippen molar-refractivity contribution in [2.45, 2.75) is 46.9 Å². The van der Waals surface area contributed by atoms with E-state index < -0.39 is 12.7 Å².